The second kappa shape index (κ2) is 5.82. The van der Waals surface area contributed by atoms with Crippen LogP contribution in [0.5, 0.6) is 11.6 Å². The molecule has 108 valence electrons. The molecule has 9 heteroatoms. The number of nitrogens with zero attached hydrogens (tertiary/aromatic N) is 3. The smallest absolute Gasteiger partial charge is 0.332 e. The van der Waals surface area contributed by atoms with Gasteiger partial charge in [0.2, 0.25) is 0 Å². The van der Waals surface area contributed by atoms with E-state index in [4.69, 9.17) is 15.7 Å². The molecule has 0 spiro atoms. The lowest BCUT2D eigenvalue weighted by atomic mass is 10.2. The molecule has 2 rings (SSSR count). The van der Waals surface area contributed by atoms with Gasteiger partial charge in [-0.15, -0.1) is 0 Å². The van der Waals surface area contributed by atoms with Crippen molar-refractivity contribution in [2.24, 2.45) is 10.9 Å². The Morgan fingerprint density at radius 1 is 1.48 bits per heavy atom. The minimum atomic E-state index is -0.767. The van der Waals surface area contributed by atoms with Crippen LogP contribution in [-0.4, -0.2) is 21.0 Å². The first kappa shape index (κ1) is 14.2. The summed E-state index contributed by atoms with van der Waals surface area (Å²) in [5.41, 5.74) is 4.82. The fraction of sp³-hybridized carbons (Fsp3) is 0. The third kappa shape index (κ3) is 3.03. The Balaban J connectivity index is 2.44. The van der Waals surface area contributed by atoms with Gasteiger partial charge in [0.05, 0.1) is 4.92 Å². The maximum Gasteiger partial charge on any atom is 0.332 e. The molecule has 1 aromatic heterocycles. The predicted octanol–water partition coefficient (Wildman–Crippen LogP) is 2.02. The van der Waals surface area contributed by atoms with E-state index < -0.39 is 22.3 Å². The quantitative estimate of drug-likeness (QED) is 0.292. The predicted molar refractivity (Wildman–Crippen MR) is 69.9 cm³/mol. The van der Waals surface area contributed by atoms with Crippen LogP contribution in [0.4, 0.5) is 10.1 Å². The summed E-state index contributed by atoms with van der Waals surface area (Å²) in [5, 5.41) is 22.3. The number of nitrogens with two attached hydrogens (primary N) is 1. The molecule has 3 N–H and O–H groups in total. The Bertz CT molecular complexity index is 720. The zero-order chi connectivity index (χ0) is 15.4. The van der Waals surface area contributed by atoms with Gasteiger partial charge in [-0.2, -0.15) is 0 Å². The van der Waals surface area contributed by atoms with E-state index in [0.717, 1.165) is 18.3 Å². The van der Waals surface area contributed by atoms with Gasteiger partial charge in [-0.25, -0.2) is 9.37 Å². The average molecular weight is 292 g/mol. The Morgan fingerprint density at radius 3 is 2.81 bits per heavy atom. The van der Waals surface area contributed by atoms with Gasteiger partial charge in [-0.1, -0.05) is 17.3 Å². The number of amidine groups is 1. The lowest BCUT2D eigenvalue weighted by Crippen LogP contribution is -2.14. The van der Waals surface area contributed by atoms with Gasteiger partial charge < -0.3 is 15.7 Å². The lowest BCUT2D eigenvalue weighted by molar-refractivity contribution is -0.386. The van der Waals surface area contributed by atoms with Crippen molar-refractivity contribution >= 4 is 11.5 Å². The number of hydrogen-bond acceptors (Lipinski definition) is 6. The molecule has 0 atom stereocenters. The molecule has 1 aromatic carbocycles. The topological polar surface area (TPSA) is 124 Å². The van der Waals surface area contributed by atoms with Crippen LogP contribution < -0.4 is 10.5 Å². The van der Waals surface area contributed by atoms with Crippen molar-refractivity contribution in [3.63, 3.8) is 0 Å². The van der Waals surface area contributed by atoms with Crippen LogP contribution in [0.15, 0.2) is 41.7 Å². The molecule has 0 saturated carbocycles. The van der Waals surface area contributed by atoms with Crippen LogP contribution in [0, 0.1) is 15.9 Å². The number of benzene rings is 1. The number of halogens is 1. The van der Waals surface area contributed by atoms with E-state index in [9.17, 15) is 14.5 Å². The summed E-state index contributed by atoms with van der Waals surface area (Å²) in [6.45, 7) is 0. The number of hydrogen-bond donors (Lipinski definition) is 2. The number of pyridine rings is 1. The van der Waals surface area contributed by atoms with Gasteiger partial charge in [-0.3, -0.25) is 10.1 Å². The van der Waals surface area contributed by atoms with Crippen LogP contribution in [0.1, 0.15) is 5.56 Å². The lowest BCUT2D eigenvalue weighted by Gasteiger charge is -2.07. The molecular weight excluding hydrogens is 283 g/mol. The van der Waals surface area contributed by atoms with Gasteiger partial charge >= 0.3 is 5.69 Å². The first-order valence-electron chi connectivity index (χ1n) is 5.57. The van der Waals surface area contributed by atoms with Gasteiger partial charge in [0.1, 0.15) is 0 Å². The fourth-order valence-corrected chi connectivity index (χ4v) is 1.48. The standard InChI is InChI=1S/C12H9FN4O4/c13-8-3-1-2-4-10(8)21-12-9(17(19)20)5-7(6-15-12)11(14)16-18/h1-6,18H,(H2,14,16). The zero-order valence-electron chi connectivity index (χ0n) is 10.4. The van der Waals surface area contributed by atoms with Crippen molar-refractivity contribution in [2.45, 2.75) is 0 Å². The first-order valence-corrected chi connectivity index (χ1v) is 5.57. The van der Waals surface area contributed by atoms with E-state index in [-0.39, 0.29) is 17.1 Å². The van der Waals surface area contributed by atoms with Crippen molar-refractivity contribution in [1.29, 1.82) is 0 Å². The Labute approximate surface area is 117 Å². The van der Waals surface area contributed by atoms with E-state index in [1.807, 2.05) is 0 Å². The van der Waals surface area contributed by atoms with E-state index in [2.05, 4.69) is 10.1 Å². The number of para-hydroxylation sites is 1. The SMILES string of the molecule is N/C(=N/O)c1cnc(Oc2ccccc2F)c([N+](=O)[O-])c1. The molecule has 2 aromatic rings. The van der Waals surface area contributed by atoms with E-state index >= 15 is 0 Å². The molecule has 0 aliphatic heterocycles. The van der Waals surface area contributed by atoms with Crippen molar-refractivity contribution < 1.29 is 19.3 Å². The minimum Gasteiger partial charge on any atom is -0.431 e. The van der Waals surface area contributed by atoms with Gasteiger partial charge in [0.25, 0.3) is 5.88 Å². The highest BCUT2D eigenvalue weighted by Crippen LogP contribution is 2.30. The number of oxime groups is 1. The van der Waals surface area contributed by atoms with E-state index in [1.165, 1.54) is 18.2 Å². The molecule has 0 unspecified atom stereocenters. The highest BCUT2D eigenvalue weighted by atomic mass is 19.1. The molecule has 1 heterocycles. The average Bonchev–Trinajstić information content (AvgIpc) is 2.49. The van der Waals surface area contributed by atoms with Gasteiger partial charge in [0.15, 0.2) is 17.4 Å². The number of aromatic nitrogens is 1. The van der Waals surface area contributed by atoms with Gasteiger partial charge in [0, 0.05) is 17.8 Å². The number of ether oxygens (including phenoxy) is 1. The summed E-state index contributed by atoms with van der Waals surface area (Å²) >= 11 is 0. The van der Waals surface area contributed by atoms with E-state index in [1.54, 1.807) is 0 Å². The summed E-state index contributed by atoms with van der Waals surface area (Å²) < 4.78 is 18.6. The highest BCUT2D eigenvalue weighted by Gasteiger charge is 2.21. The first-order chi connectivity index (χ1) is 10.0. The largest absolute Gasteiger partial charge is 0.431 e. The van der Waals surface area contributed by atoms with Crippen LogP contribution in [-0.2, 0) is 0 Å². The van der Waals surface area contributed by atoms with Crippen molar-refractivity contribution in [3.8, 4) is 11.6 Å². The molecule has 8 nitrogen and oxygen atoms in total. The highest BCUT2D eigenvalue weighted by molar-refractivity contribution is 5.97. The summed E-state index contributed by atoms with van der Waals surface area (Å²) in [6, 6.07) is 6.42. The molecule has 0 saturated heterocycles. The summed E-state index contributed by atoms with van der Waals surface area (Å²) in [5.74, 6) is -1.64. The fourth-order valence-electron chi connectivity index (χ4n) is 1.48. The molecule has 0 amide bonds. The van der Waals surface area contributed by atoms with Crippen LogP contribution in [0.3, 0.4) is 0 Å². The number of rotatable bonds is 4. The molecule has 0 radical (unpaired) electrons. The summed E-state index contributed by atoms with van der Waals surface area (Å²) in [6.07, 6.45) is 1.11. The maximum atomic E-state index is 13.5. The normalized spacial score (nSPS) is 11.2. The van der Waals surface area contributed by atoms with Crippen LogP contribution in [0.25, 0.3) is 0 Å². The monoisotopic (exact) mass is 292 g/mol. The molecule has 21 heavy (non-hydrogen) atoms. The minimum absolute atomic E-state index is 0.0325. The summed E-state index contributed by atoms with van der Waals surface area (Å²) in [4.78, 5) is 13.9. The maximum absolute atomic E-state index is 13.5. The molecular formula is C12H9FN4O4. The second-order valence-corrected chi connectivity index (χ2v) is 3.82. The van der Waals surface area contributed by atoms with Gasteiger partial charge in [-0.05, 0) is 12.1 Å². The summed E-state index contributed by atoms with van der Waals surface area (Å²) in [7, 11) is 0. The molecule has 0 fully saturated rings. The van der Waals surface area contributed by atoms with Crippen LogP contribution >= 0.6 is 0 Å². The van der Waals surface area contributed by atoms with Crippen LogP contribution in [0.2, 0.25) is 0 Å². The zero-order valence-corrected chi connectivity index (χ0v) is 10.4. The third-order valence-electron chi connectivity index (χ3n) is 2.48. The molecule has 0 bridgehead atoms. The second-order valence-electron chi connectivity index (χ2n) is 3.82. The Kier molecular flexibility index (Phi) is 3.93. The van der Waals surface area contributed by atoms with Crippen molar-refractivity contribution in [1.82, 2.24) is 4.98 Å². The third-order valence-corrected chi connectivity index (χ3v) is 2.48. The number of nitro groups is 1. The van der Waals surface area contributed by atoms with Crippen molar-refractivity contribution in [3.05, 3.63) is 58.0 Å². The molecule has 0 aliphatic rings. The Hall–Kier alpha value is -3.23. The van der Waals surface area contributed by atoms with Crippen molar-refractivity contribution in [2.75, 3.05) is 0 Å². The van der Waals surface area contributed by atoms with E-state index in [0.29, 0.717) is 0 Å². The Morgan fingerprint density at radius 2 is 2.19 bits per heavy atom. The molecule has 0 aliphatic carbocycles.